The molecular weight excluding hydrogens is 682 g/mol. The number of imidazole rings is 1. The van der Waals surface area contributed by atoms with Gasteiger partial charge in [-0.15, -0.1) is 0 Å². The number of nitrogens with one attached hydrogen (secondary N) is 7. The van der Waals surface area contributed by atoms with Gasteiger partial charge in [0.05, 0.1) is 25.6 Å². The third-order valence-corrected chi connectivity index (χ3v) is 8.13. The van der Waals surface area contributed by atoms with Gasteiger partial charge in [-0.25, -0.2) is 9.78 Å². The third-order valence-electron chi connectivity index (χ3n) is 8.13. The molecule has 0 saturated heterocycles. The van der Waals surface area contributed by atoms with Gasteiger partial charge in [0.2, 0.25) is 35.4 Å². The van der Waals surface area contributed by atoms with E-state index < -0.39 is 103 Å². The molecule has 19 nitrogen and oxygen atoms in total. The molecule has 0 unspecified atom stereocenters. The second kappa shape index (κ2) is 21.1. The van der Waals surface area contributed by atoms with Crippen molar-refractivity contribution < 1.29 is 48.9 Å². The highest BCUT2D eigenvalue weighted by atomic mass is 16.4. The number of aliphatic hydroxyl groups excluding tert-OH is 2. The summed E-state index contributed by atoms with van der Waals surface area (Å²) in [6.07, 6.45) is 1.89. The Morgan fingerprint density at radius 2 is 1.46 bits per heavy atom. The molecule has 2 aromatic rings. The number of aromatic amines is 1. The lowest BCUT2D eigenvalue weighted by molar-refractivity contribution is -0.142. The number of aliphatic carboxylic acids is 1. The molecule has 52 heavy (non-hydrogen) atoms. The number of nitrogens with zero attached hydrogens (tertiary/aromatic N) is 1. The highest BCUT2D eigenvalue weighted by Gasteiger charge is 2.32. The molecular formula is C33H49N9O10. The summed E-state index contributed by atoms with van der Waals surface area (Å²) in [5, 5.41) is 43.5. The Morgan fingerprint density at radius 1 is 0.808 bits per heavy atom. The van der Waals surface area contributed by atoms with Crippen LogP contribution in [0.1, 0.15) is 45.4 Å². The number of aliphatic hydroxyl groups is 2. The molecule has 1 aromatic heterocycles. The molecule has 12 N–H and O–H groups in total. The number of rotatable bonds is 21. The van der Waals surface area contributed by atoms with Crippen LogP contribution >= 0.6 is 0 Å². The smallest absolute Gasteiger partial charge is 0.326 e. The Hall–Kier alpha value is -5.40. The summed E-state index contributed by atoms with van der Waals surface area (Å²) in [6, 6.07) is 0.832. The van der Waals surface area contributed by atoms with E-state index in [4.69, 9.17) is 5.73 Å². The fraction of sp³-hybridized carbons (Fsp3) is 0.515. The standard InChI is InChI=1S/C33H49N9O10/c1-5-17(2)27(42-28(46)18(3)38-31(49)26(34)19(4)44)32(50)41-24(15-43)29(47)36-14-25(45)39-22(12-21-13-35-16-37-21)30(48)40-23(33(51)52)11-20-9-7-6-8-10-20/h6-10,13,16-19,22-24,26-27,43-44H,5,11-12,14-15,34H2,1-4H3,(H,35,37)(H,36,47)(H,38,49)(H,39,45)(H,40,48)(H,41,50)(H,42,46)(H,51,52)/t17-,18-,19+,22-,23-,24-,26-,27-/m0/s1. The topological polar surface area (TPSA) is 307 Å². The van der Waals surface area contributed by atoms with Crippen molar-refractivity contribution in [3.05, 3.63) is 54.1 Å². The summed E-state index contributed by atoms with van der Waals surface area (Å²) in [7, 11) is 0. The van der Waals surface area contributed by atoms with Gasteiger partial charge < -0.3 is 57.9 Å². The summed E-state index contributed by atoms with van der Waals surface area (Å²) < 4.78 is 0. The summed E-state index contributed by atoms with van der Waals surface area (Å²) >= 11 is 0. The lowest BCUT2D eigenvalue weighted by Crippen LogP contribution is -2.60. The number of benzene rings is 1. The van der Waals surface area contributed by atoms with E-state index in [1.807, 2.05) is 0 Å². The summed E-state index contributed by atoms with van der Waals surface area (Å²) in [5.74, 6) is -6.75. The molecule has 0 radical (unpaired) electrons. The zero-order valence-corrected chi connectivity index (χ0v) is 29.4. The first-order valence-electron chi connectivity index (χ1n) is 16.6. The van der Waals surface area contributed by atoms with Crippen LogP contribution in [0.5, 0.6) is 0 Å². The molecule has 0 aliphatic carbocycles. The normalized spacial score (nSPS) is 15.6. The van der Waals surface area contributed by atoms with Crippen molar-refractivity contribution in [3.8, 4) is 0 Å². The quantitative estimate of drug-likeness (QED) is 0.0599. The average Bonchev–Trinajstić information content (AvgIpc) is 3.63. The summed E-state index contributed by atoms with van der Waals surface area (Å²) in [6.45, 7) is 4.49. The fourth-order valence-electron chi connectivity index (χ4n) is 4.71. The van der Waals surface area contributed by atoms with Crippen LogP contribution < -0.4 is 37.6 Å². The monoisotopic (exact) mass is 731 g/mol. The number of hydrogen-bond acceptors (Lipinski definition) is 11. The summed E-state index contributed by atoms with van der Waals surface area (Å²) in [5.41, 5.74) is 6.71. The van der Waals surface area contributed by atoms with E-state index in [2.05, 4.69) is 41.9 Å². The molecule has 0 bridgehead atoms. The highest BCUT2D eigenvalue weighted by molar-refractivity contribution is 5.96. The molecule has 286 valence electrons. The fourth-order valence-corrected chi connectivity index (χ4v) is 4.71. The van der Waals surface area contributed by atoms with E-state index in [-0.39, 0.29) is 12.8 Å². The van der Waals surface area contributed by atoms with Crippen LogP contribution in [0.15, 0.2) is 42.9 Å². The van der Waals surface area contributed by atoms with Gasteiger partial charge in [0.15, 0.2) is 0 Å². The molecule has 6 amide bonds. The van der Waals surface area contributed by atoms with Gasteiger partial charge >= 0.3 is 5.97 Å². The maximum atomic E-state index is 13.2. The van der Waals surface area contributed by atoms with E-state index in [0.717, 1.165) is 0 Å². The van der Waals surface area contributed by atoms with Crippen molar-refractivity contribution in [2.75, 3.05) is 13.2 Å². The lowest BCUT2D eigenvalue weighted by atomic mass is 9.97. The molecule has 1 heterocycles. The average molecular weight is 732 g/mol. The van der Waals surface area contributed by atoms with Crippen LogP contribution in [-0.2, 0) is 46.4 Å². The van der Waals surface area contributed by atoms with Gasteiger partial charge in [-0.2, -0.15) is 0 Å². The number of carboxylic acids is 1. The SMILES string of the molecule is CC[C@H](C)[C@H](NC(=O)[C@H](C)NC(=O)[C@@H](N)[C@@H](C)O)C(=O)N[C@@H](CO)C(=O)NCC(=O)N[C@@H](Cc1cnc[nH]1)C(=O)N[C@@H](Cc1ccccc1)C(=O)O. The second-order valence-electron chi connectivity index (χ2n) is 12.3. The van der Waals surface area contributed by atoms with Crippen LogP contribution in [0.2, 0.25) is 0 Å². The minimum atomic E-state index is -1.55. The number of aromatic nitrogens is 2. The number of nitrogens with two attached hydrogens (primary N) is 1. The number of carbonyl (C=O) groups is 7. The van der Waals surface area contributed by atoms with Gasteiger partial charge in [0.25, 0.3) is 0 Å². The number of amides is 6. The Labute approximate surface area is 300 Å². The van der Waals surface area contributed by atoms with Gasteiger partial charge in [-0.3, -0.25) is 28.8 Å². The van der Waals surface area contributed by atoms with Crippen LogP contribution in [0.25, 0.3) is 0 Å². The van der Waals surface area contributed by atoms with Crippen LogP contribution in [0.4, 0.5) is 0 Å². The molecule has 0 aliphatic heterocycles. The zero-order valence-electron chi connectivity index (χ0n) is 29.4. The second-order valence-corrected chi connectivity index (χ2v) is 12.3. The minimum Gasteiger partial charge on any atom is -0.480 e. The van der Waals surface area contributed by atoms with Gasteiger partial charge in [0.1, 0.15) is 36.3 Å². The molecule has 1 aromatic carbocycles. The van der Waals surface area contributed by atoms with Crippen molar-refractivity contribution in [3.63, 3.8) is 0 Å². The van der Waals surface area contributed by atoms with Gasteiger partial charge in [-0.05, 0) is 25.3 Å². The molecule has 0 fully saturated rings. The van der Waals surface area contributed by atoms with E-state index in [1.165, 1.54) is 26.4 Å². The lowest BCUT2D eigenvalue weighted by Gasteiger charge is -2.27. The first kappa shape index (κ1) is 42.8. The van der Waals surface area contributed by atoms with Gasteiger partial charge in [-0.1, -0.05) is 50.6 Å². The first-order chi connectivity index (χ1) is 24.6. The van der Waals surface area contributed by atoms with Gasteiger partial charge in [0, 0.05) is 24.7 Å². The Bertz CT molecular complexity index is 1510. The van der Waals surface area contributed by atoms with Crippen LogP contribution in [-0.4, -0.2) is 122 Å². The van der Waals surface area contributed by atoms with Crippen molar-refractivity contribution >= 4 is 41.4 Å². The highest BCUT2D eigenvalue weighted by Crippen LogP contribution is 2.10. The van der Waals surface area contributed by atoms with Crippen molar-refractivity contribution in [1.82, 2.24) is 41.9 Å². The Morgan fingerprint density at radius 3 is 2.02 bits per heavy atom. The molecule has 0 spiro atoms. The summed E-state index contributed by atoms with van der Waals surface area (Å²) in [4.78, 5) is 95.9. The zero-order chi connectivity index (χ0) is 39.0. The van der Waals surface area contributed by atoms with E-state index in [1.54, 1.807) is 44.2 Å². The van der Waals surface area contributed by atoms with E-state index >= 15 is 0 Å². The maximum absolute atomic E-state index is 13.2. The van der Waals surface area contributed by atoms with Crippen molar-refractivity contribution in [1.29, 1.82) is 0 Å². The van der Waals surface area contributed by atoms with E-state index in [0.29, 0.717) is 17.7 Å². The Balaban J connectivity index is 2.05. The molecule has 2 rings (SSSR count). The first-order valence-corrected chi connectivity index (χ1v) is 16.6. The molecule has 19 heteroatoms. The predicted octanol–water partition coefficient (Wildman–Crippen LogP) is -3.41. The molecule has 0 saturated carbocycles. The van der Waals surface area contributed by atoms with Crippen LogP contribution in [0, 0.1) is 5.92 Å². The number of carbonyl (C=O) groups excluding carboxylic acids is 6. The largest absolute Gasteiger partial charge is 0.480 e. The number of H-pyrrole nitrogens is 1. The minimum absolute atomic E-state index is 0.0210. The van der Waals surface area contributed by atoms with E-state index in [9.17, 15) is 48.9 Å². The Kier molecular flexibility index (Phi) is 17.3. The predicted molar refractivity (Wildman–Crippen MR) is 185 cm³/mol. The third kappa shape index (κ3) is 13.7. The molecule has 0 aliphatic rings. The van der Waals surface area contributed by atoms with Crippen LogP contribution in [0.3, 0.4) is 0 Å². The number of carboxylic acid groups (broad SMARTS) is 1. The number of hydrogen-bond donors (Lipinski definition) is 11. The molecule has 8 atom stereocenters. The maximum Gasteiger partial charge on any atom is 0.326 e. The van der Waals surface area contributed by atoms with Crippen molar-refractivity contribution in [2.45, 2.75) is 89.3 Å². The van der Waals surface area contributed by atoms with Crippen molar-refractivity contribution in [2.24, 2.45) is 11.7 Å².